The molecule has 0 atom stereocenters. The molecular weight excluding hydrogens is 268 g/mol. The van der Waals surface area contributed by atoms with Crippen LogP contribution in [0.3, 0.4) is 0 Å². The lowest BCUT2D eigenvalue weighted by Crippen LogP contribution is -2.08. The Morgan fingerprint density at radius 3 is 2.62 bits per heavy atom. The van der Waals surface area contributed by atoms with Gasteiger partial charge in [0.05, 0.1) is 4.92 Å². The van der Waals surface area contributed by atoms with E-state index in [2.05, 4.69) is 5.32 Å². The Balaban J connectivity index is 2.19. The lowest BCUT2D eigenvalue weighted by molar-refractivity contribution is -0.384. The van der Waals surface area contributed by atoms with Crippen LogP contribution in [0.5, 0.6) is 5.75 Å². The monoisotopic (exact) mass is 286 g/mol. The number of nitrogens with zero attached hydrogens (tertiary/aromatic N) is 1. The number of ether oxygens (including phenoxy) is 1. The highest BCUT2D eigenvalue weighted by Gasteiger charge is 2.11. The molecule has 0 fully saturated rings. The summed E-state index contributed by atoms with van der Waals surface area (Å²) in [5.74, 6) is 0.665. The second-order valence-corrected chi connectivity index (χ2v) is 4.79. The highest BCUT2D eigenvalue weighted by Crippen LogP contribution is 2.25. The molecule has 1 N–H and O–H groups in total. The standard InChI is InChI=1S/C16H18N2O3/c1-12-5-3-4-6-13(12)11-21-16-8-7-15(18(19)20)9-14(16)10-17-2/h3-9,17H,10-11H2,1-2H3. The van der Waals surface area contributed by atoms with Crippen molar-refractivity contribution < 1.29 is 9.66 Å². The van der Waals surface area contributed by atoms with E-state index in [9.17, 15) is 10.1 Å². The van der Waals surface area contributed by atoms with E-state index in [1.165, 1.54) is 6.07 Å². The first-order valence-electron chi connectivity index (χ1n) is 6.71. The van der Waals surface area contributed by atoms with Crippen molar-refractivity contribution in [2.75, 3.05) is 7.05 Å². The Bertz CT molecular complexity index is 641. The van der Waals surface area contributed by atoms with Crippen LogP contribution in [0, 0.1) is 17.0 Å². The molecule has 0 amide bonds. The zero-order valence-corrected chi connectivity index (χ0v) is 12.1. The van der Waals surface area contributed by atoms with E-state index in [0.29, 0.717) is 18.9 Å². The smallest absolute Gasteiger partial charge is 0.270 e. The number of nitro benzene ring substituents is 1. The van der Waals surface area contributed by atoms with Crippen LogP contribution in [0.25, 0.3) is 0 Å². The summed E-state index contributed by atoms with van der Waals surface area (Å²) < 4.78 is 5.83. The SMILES string of the molecule is CNCc1cc([N+](=O)[O-])ccc1OCc1ccccc1C. The predicted octanol–water partition coefficient (Wildman–Crippen LogP) is 3.20. The zero-order chi connectivity index (χ0) is 15.2. The normalized spacial score (nSPS) is 10.4. The van der Waals surface area contributed by atoms with Crippen LogP contribution in [-0.2, 0) is 13.2 Å². The average molecular weight is 286 g/mol. The molecule has 0 spiro atoms. The Kier molecular flexibility index (Phi) is 4.90. The second kappa shape index (κ2) is 6.85. The van der Waals surface area contributed by atoms with Gasteiger partial charge in [0, 0.05) is 24.2 Å². The van der Waals surface area contributed by atoms with Gasteiger partial charge in [0.2, 0.25) is 0 Å². The number of non-ortho nitro benzene ring substituents is 1. The minimum Gasteiger partial charge on any atom is -0.489 e. The van der Waals surface area contributed by atoms with Crippen molar-refractivity contribution in [1.29, 1.82) is 0 Å². The van der Waals surface area contributed by atoms with Crippen molar-refractivity contribution in [2.45, 2.75) is 20.1 Å². The van der Waals surface area contributed by atoms with Gasteiger partial charge in [-0.3, -0.25) is 10.1 Å². The van der Waals surface area contributed by atoms with Crippen molar-refractivity contribution in [2.24, 2.45) is 0 Å². The summed E-state index contributed by atoms with van der Waals surface area (Å²) in [7, 11) is 1.80. The summed E-state index contributed by atoms with van der Waals surface area (Å²) in [6.07, 6.45) is 0. The van der Waals surface area contributed by atoms with Gasteiger partial charge in [-0.05, 0) is 31.2 Å². The first kappa shape index (κ1) is 15.0. The maximum Gasteiger partial charge on any atom is 0.270 e. The Morgan fingerprint density at radius 1 is 1.19 bits per heavy atom. The molecule has 2 rings (SSSR count). The van der Waals surface area contributed by atoms with Crippen molar-refractivity contribution in [1.82, 2.24) is 5.32 Å². The van der Waals surface area contributed by atoms with Crippen molar-refractivity contribution in [3.05, 3.63) is 69.3 Å². The molecule has 2 aromatic rings. The third-order valence-corrected chi connectivity index (χ3v) is 3.27. The predicted molar refractivity (Wildman–Crippen MR) is 81.4 cm³/mol. The molecule has 2 aromatic carbocycles. The molecule has 0 bridgehead atoms. The first-order valence-corrected chi connectivity index (χ1v) is 6.71. The molecule has 0 unspecified atom stereocenters. The summed E-state index contributed by atoms with van der Waals surface area (Å²) in [4.78, 5) is 10.4. The number of nitro groups is 1. The average Bonchev–Trinajstić information content (AvgIpc) is 2.47. The summed E-state index contributed by atoms with van der Waals surface area (Å²) in [5.41, 5.74) is 3.12. The maximum absolute atomic E-state index is 10.8. The number of aryl methyl sites for hydroxylation is 1. The third kappa shape index (κ3) is 3.79. The topological polar surface area (TPSA) is 64.4 Å². The van der Waals surface area contributed by atoms with Gasteiger partial charge in [0.15, 0.2) is 0 Å². The summed E-state index contributed by atoms with van der Waals surface area (Å²) >= 11 is 0. The Morgan fingerprint density at radius 2 is 1.95 bits per heavy atom. The lowest BCUT2D eigenvalue weighted by Gasteiger charge is -2.12. The van der Waals surface area contributed by atoms with Gasteiger partial charge < -0.3 is 10.1 Å². The van der Waals surface area contributed by atoms with Gasteiger partial charge in [-0.25, -0.2) is 0 Å². The number of rotatable bonds is 6. The van der Waals surface area contributed by atoms with Crippen LogP contribution >= 0.6 is 0 Å². The molecule has 5 nitrogen and oxygen atoms in total. The molecule has 0 heterocycles. The molecule has 0 saturated heterocycles. The molecule has 0 aliphatic heterocycles. The van der Waals surface area contributed by atoms with Gasteiger partial charge in [0.25, 0.3) is 5.69 Å². The van der Waals surface area contributed by atoms with E-state index in [4.69, 9.17) is 4.74 Å². The minimum absolute atomic E-state index is 0.0727. The quantitative estimate of drug-likeness (QED) is 0.654. The zero-order valence-electron chi connectivity index (χ0n) is 12.1. The third-order valence-electron chi connectivity index (χ3n) is 3.27. The highest BCUT2D eigenvalue weighted by atomic mass is 16.6. The van der Waals surface area contributed by atoms with E-state index in [0.717, 1.165) is 16.7 Å². The van der Waals surface area contributed by atoms with Gasteiger partial charge in [-0.1, -0.05) is 24.3 Å². The van der Waals surface area contributed by atoms with E-state index in [-0.39, 0.29) is 5.69 Å². The molecule has 21 heavy (non-hydrogen) atoms. The summed E-state index contributed by atoms with van der Waals surface area (Å²) in [5, 5.41) is 13.8. The largest absolute Gasteiger partial charge is 0.489 e. The maximum atomic E-state index is 10.8. The number of nitrogens with one attached hydrogen (secondary N) is 1. The second-order valence-electron chi connectivity index (χ2n) is 4.79. The fraction of sp³-hybridized carbons (Fsp3) is 0.250. The van der Waals surface area contributed by atoms with Crippen molar-refractivity contribution >= 4 is 5.69 Å². The minimum atomic E-state index is -0.399. The molecule has 0 saturated carbocycles. The summed E-state index contributed by atoms with van der Waals surface area (Å²) in [6.45, 7) is 3.00. The van der Waals surface area contributed by atoms with Crippen LogP contribution in [0.1, 0.15) is 16.7 Å². The molecular formula is C16H18N2O3. The fourth-order valence-corrected chi connectivity index (χ4v) is 2.08. The lowest BCUT2D eigenvalue weighted by atomic mass is 10.1. The molecule has 5 heteroatoms. The molecule has 0 aromatic heterocycles. The fourth-order valence-electron chi connectivity index (χ4n) is 2.08. The Labute approximate surface area is 123 Å². The van der Waals surface area contributed by atoms with Gasteiger partial charge in [0.1, 0.15) is 12.4 Å². The van der Waals surface area contributed by atoms with Gasteiger partial charge >= 0.3 is 0 Å². The van der Waals surface area contributed by atoms with E-state index in [1.54, 1.807) is 19.2 Å². The molecule has 0 aliphatic rings. The summed E-state index contributed by atoms with van der Waals surface area (Å²) in [6, 6.07) is 12.7. The number of hydrogen-bond donors (Lipinski definition) is 1. The first-order chi connectivity index (χ1) is 10.1. The van der Waals surface area contributed by atoms with Crippen LogP contribution in [-0.4, -0.2) is 12.0 Å². The highest BCUT2D eigenvalue weighted by molar-refractivity contribution is 5.44. The van der Waals surface area contributed by atoms with Crippen LogP contribution in [0.2, 0.25) is 0 Å². The van der Waals surface area contributed by atoms with Crippen molar-refractivity contribution in [3.63, 3.8) is 0 Å². The molecule has 0 aliphatic carbocycles. The number of benzene rings is 2. The van der Waals surface area contributed by atoms with Gasteiger partial charge in [-0.2, -0.15) is 0 Å². The van der Waals surface area contributed by atoms with E-state index < -0.39 is 4.92 Å². The molecule has 0 radical (unpaired) electrons. The Hall–Kier alpha value is -2.40. The van der Waals surface area contributed by atoms with Crippen molar-refractivity contribution in [3.8, 4) is 5.75 Å². The van der Waals surface area contributed by atoms with Crippen LogP contribution < -0.4 is 10.1 Å². The van der Waals surface area contributed by atoms with E-state index >= 15 is 0 Å². The molecule has 110 valence electrons. The van der Waals surface area contributed by atoms with E-state index in [1.807, 2.05) is 31.2 Å². The van der Waals surface area contributed by atoms with Crippen LogP contribution in [0.15, 0.2) is 42.5 Å². The van der Waals surface area contributed by atoms with Crippen LogP contribution in [0.4, 0.5) is 5.69 Å². The van der Waals surface area contributed by atoms with Gasteiger partial charge in [-0.15, -0.1) is 0 Å². The number of hydrogen-bond acceptors (Lipinski definition) is 4.